The number of amidine groups is 1. The van der Waals surface area contributed by atoms with E-state index in [1.165, 1.54) is 0 Å². The van der Waals surface area contributed by atoms with Gasteiger partial charge in [-0.3, -0.25) is 5.41 Å². The largest absolute Gasteiger partial charge is 0.366 e. The third-order valence-corrected chi connectivity index (χ3v) is 0.972. The summed E-state index contributed by atoms with van der Waals surface area (Å²) in [4.78, 5) is 1.71. The van der Waals surface area contributed by atoms with Crippen LogP contribution in [0, 0.1) is 10.8 Å². The summed E-state index contributed by atoms with van der Waals surface area (Å²) in [5, 5.41) is 14.3. The lowest BCUT2D eigenvalue weighted by Crippen LogP contribution is -2.22. The summed E-state index contributed by atoms with van der Waals surface area (Å²) in [5.41, 5.74) is 0.536. The van der Waals surface area contributed by atoms with Crippen molar-refractivity contribution < 1.29 is 0 Å². The smallest absolute Gasteiger partial charge is 0.101 e. The van der Waals surface area contributed by atoms with Crippen molar-refractivity contribution in [1.82, 2.24) is 4.90 Å². The molecule has 0 fully saturated rings. The lowest BCUT2D eigenvalue weighted by molar-refractivity contribution is 0.608. The molecule has 52 valence electrons. The van der Waals surface area contributed by atoms with Gasteiger partial charge in [0.1, 0.15) is 5.84 Å². The van der Waals surface area contributed by atoms with E-state index in [0.29, 0.717) is 18.0 Å². The van der Waals surface area contributed by atoms with Gasteiger partial charge in [-0.15, -0.1) is 0 Å². The zero-order valence-electron chi connectivity index (χ0n) is 6.15. The van der Waals surface area contributed by atoms with Crippen LogP contribution in [0.3, 0.4) is 0 Å². The highest BCUT2D eigenvalue weighted by atomic mass is 15.1. The Balaban J connectivity index is 3.64. The zero-order chi connectivity index (χ0) is 7.44. The number of hydrogen-bond acceptors (Lipinski definition) is 2. The zero-order valence-corrected chi connectivity index (χ0v) is 6.15. The standard InChI is InChI=1S/C6H13N3/c1-5(7)4-6(8)9(2)3/h7-8H,4H2,1-3H3. The summed E-state index contributed by atoms with van der Waals surface area (Å²) >= 11 is 0. The average Bonchev–Trinajstić information content (AvgIpc) is 1.63. The van der Waals surface area contributed by atoms with Crippen molar-refractivity contribution in [3.8, 4) is 0 Å². The fourth-order valence-corrected chi connectivity index (χ4v) is 0.409. The molecule has 0 aliphatic carbocycles. The maximum atomic E-state index is 7.26. The van der Waals surface area contributed by atoms with Crippen LogP contribution in [0.2, 0.25) is 0 Å². The molecule has 0 unspecified atom stereocenters. The minimum atomic E-state index is 0.465. The van der Waals surface area contributed by atoms with Crippen LogP contribution in [-0.2, 0) is 0 Å². The first-order chi connectivity index (χ1) is 4.04. The van der Waals surface area contributed by atoms with Gasteiger partial charge in [-0.2, -0.15) is 0 Å². The molecule has 0 aliphatic heterocycles. The van der Waals surface area contributed by atoms with Crippen LogP contribution in [0.15, 0.2) is 0 Å². The van der Waals surface area contributed by atoms with Crippen molar-refractivity contribution in [1.29, 1.82) is 10.8 Å². The maximum absolute atomic E-state index is 7.26. The maximum Gasteiger partial charge on any atom is 0.101 e. The van der Waals surface area contributed by atoms with Gasteiger partial charge >= 0.3 is 0 Å². The van der Waals surface area contributed by atoms with Gasteiger partial charge < -0.3 is 10.3 Å². The molecule has 0 bridgehead atoms. The third-order valence-electron chi connectivity index (χ3n) is 0.972. The molecule has 3 heteroatoms. The molecule has 0 rings (SSSR count). The normalized spacial score (nSPS) is 8.78. The van der Waals surface area contributed by atoms with E-state index in [1.807, 2.05) is 14.1 Å². The van der Waals surface area contributed by atoms with Gasteiger partial charge in [0.25, 0.3) is 0 Å². The SMILES string of the molecule is CC(=N)CC(=N)N(C)C. The minimum Gasteiger partial charge on any atom is -0.366 e. The van der Waals surface area contributed by atoms with Crippen molar-refractivity contribution in [3.05, 3.63) is 0 Å². The number of nitrogens with zero attached hydrogens (tertiary/aromatic N) is 1. The lowest BCUT2D eigenvalue weighted by Gasteiger charge is -2.11. The van der Waals surface area contributed by atoms with Crippen LogP contribution in [0.5, 0.6) is 0 Å². The Morgan fingerprint density at radius 3 is 1.89 bits per heavy atom. The van der Waals surface area contributed by atoms with Crippen LogP contribution >= 0.6 is 0 Å². The van der Waals surface area contributed by atoms with E-state index in [0.717, 1.165) is 0 Å². The Morgan fingerprint density at radius 1 is 1.33 bits per heavy atom. The highest BCUT2D eigenvalue weighted by Gasteiger charge is 1.98. The topological polar surface area (TPSA) is 50.9 Å². The number of nitrogens with one attached hydrogen (secondary N) is 2. The Labute approximate surface area is 55.7 Å². The van der Waals surface area contributed by atoms with Crippen molar-refractivity contribution in [2.45, 2.75) is 13.3 Å². The van der Waals surface area contributed by atoms with E-state index >= 15 is 0 Å². The summed E-state index contributed by atoms with van der Waals surface area (Å²) in [6.07, 6.45) is 0.465. The second-order valence-corrected chi connectivity index (χ2v) is 2.30. The molecule has 3 nitrogen and oxygen atoms in total. The molecular formula is C6H13N3. The molecular weight excluding hydrogens is 114 g/mol. The van der Waals surface area contributed by atoms with Crippen LogP contribution in [-0.4, -0.2) is 30.5 Å². The summed E-state index contributed by atoms with van der Waals surface area (Å²) in [5.74, 6) is 0.488. The van der Waals surface area contributed by atoms with Crippen LogP contribution in [0.4, 0.5) is 0 Å². The van der Waals surface area contributed by atoms with Gasteiger partial charge in [0, 0.05) is 26.2 Å². The molecule has 0 amide bonds. The van der Waals surface area contributed by atoms with Crippen molar-refractivity contribution in [3.63, 3.8) is 0 Å². The summed E-state index contributed by atoms with van der Waals surface area (Å²) in [7, 11) is 3.62. The molecule has 0 heterocycles. The molecule has 0 atom stereocenters. The second kappa shape index (κ2) is 3.22. The monoisotopic (exact) mass is 127 g/mol. The fraction of sp³-hybridized carbons (Fsp3) is 0.667. The second-order valence-electron chi connectivity index (χ2n) is 2.30. The van der Waals surface area contributed by atoms with E-state index in [4.69, 9.17) is 10.8 Å². The Bertz CT molecular complexity index is 126. The summed E-state index contributed by atoms with van der Waals surface area (Å²) in [6.45, 7) is 1.71. The summed E-state index contributed by atoms with van der Waals surface area (Å²) < 4.78 is 0. The predicted molar refractivity (Wildman–Crippen MR) is 39.4 cm³/mol. The summed E-state index contributed by atoms with van der Waals surface area (Å²) in [6, 6.07) is 0. The van der Waals surface area contributed by atoms with Crippen LogP contribution < -0.4 is 0 Å². The Hall–Kier alpha value is -0.860. The number of rotatable bonds is 2. The molecule has 0 aromatic heterocycles. The average molecular weight is 127 g/mol. The van der Waals surface area contributed by atoms with E-state index < -0.39 is 0 Å². The molecule has 0 aromatic rings. The van der Waals surface area contributed by atoms with E-state index in [1.54, 1.807) is 11.8 Å². The molecule has 0 radical (unpaired) electrons. The highest BCUT2D eigenvalue weighted by molar-refractivity contribution is 5.99. The predicted octanol–water partition coefficient (Wildman–Crippen LogP) is 0.955. The van der Waals surface area contributed by atoms with Gasteiger partial charge in [0.15, 0.2) is 0 Å². The van der Waals surface area contributed by atoms with Gasteiger partial charge in [0.2, 0.25) is 0 Å². The first kappa shape index (κ1) is 8.14. The van der Waals surface area contributed by atoms with Gasteiger partial charge in [-0.25, -0.2) is 0 Å². The van der Waals surface area contributed by atoms with Crippen molar-refractivity contribution in [2.75, 3.05) is 14.1 Å². The molecule has 2 N–H and O–H groups in total. The molecule has 9 heavy (non-hydrogen) atoms. The number of hydrogen-bond donors (Lipinski definition) is 2. The molecule has 0 saturated heterocycles. The minimum absolute atomic E-state index is 0.465. The Morgan fingerprint density at radius 2 is 1.78 bits per heavy atom. The van der Waals surface area contributed by atoms with Crippen LogP contribution in [0.25, 0.3) is 0 Å². The van der Waals surface area contributed by atoms with E-state index in [9.17, 15) is 0 Å². The molecule has 0 saturated carbocycles. The Kier molecular flexibility index (Phi) is 2.91. The van der Waals surface area contributed by atoms with Gasteiger partial charge in [0.05, 0.1) is 0 Å². The van der Waals surface area contributed by atoms with Crippen molar-refractivity contribution >= 4 is 11.5 Å². The molecule has 0 aliphatic rings. The quantitative estimate of drug-likeness (QED) is 0.421. The molecule has 0 aromatic carbocycles. The first-order valence-electron chi connectivity index (χ1n) is 2.83. The van der Waals surface area contributed by atoms with Crippen molar-refractivity contribution in [2.24, 2.45) is 0 Å². The fourth-order valence-electron chi connectivity index (χ4n) is 0.409. The van der Waals surface area contributed by atoms with Gasteiger partial charge in [-0.05, 0) is 6.92 Å². The lowest BCUT2D eigenvalue weighted by atomic mass is 10.3. The van der Waals surface area contributed by atoms with Crippen LogP contribution in [0.1, 0.15) is 13.3 Å². The third kappa shape index (κ3) is 3.70. The molecule has 0 spiro atoms. The van der Waals surface area contributed by atoms with E-state index in [2.05, 4.69) is 0 Å². The van der Waals surface area contributed by atoms with E-state index in [-0.39, 0.29) is 0 Å². The van der Waals surface area contributed by atoms with Gasteiger partial charge in [-0.1, -0.05) is 0 Å². The first-order valence-corrected chi connectivity index (χ1v) is 2.83. The highest BCUT2D eigenvalue weighted by Crippen LogP contribution is 1.87.